The molecule has 0 radical (unpaired) electrons. The molecule has 4 heterocycles. The number of aromatic nitrogens is 4. The Labute approximate surface area is 215 Å². The van der Waals surface area contributed by atoms with E-state index in [1.165, 1.54) is 18.1 Å². The van der Waals surface area contributed by atoms with E-state index in [-0.39, 0.29) is 18.8 Å². The number of nitrogens with zero attached hydrogens (tertiary/aromatic N) is 5. The Morgan fingerprint density at radius 2 is 2.09 bits per heavy atom. The van der Waals surface area contributed by atoms with Crippen molar-refractivity contribution in [3.8, 4) is 11.5 Å². The summed E-state index contributed by atoms with van der Waals surface area (Å²) >= 11 is 5.13. The Kier molecular flexibility index (Phi) is 6.67. The molecule has 0 spiro atoms. The molecule has 35 heavy (non-hydrogen) atoms. The third-order valence-corrected chi connectivity index (χ3v) is 8.65. The van der Waals surface area contributed by atoms with Crippen molar-refractivity contribution < 1.29 is 19.4 Å². The van der Waals surface area contributed by atoms with E-state index < -0.39 is 6.09 Å². The van der Waals surface area contributed by atoms with Crippen LogP contribution in [0.25, 0.3) is 11.2 Å². The van der Waals surface area contributed by atoms with Crippen LogP contribution in [0.1, 0.15) is 33.1 Å². The molecule has 0 aliphatic carbocycles. The van der Waals surface area contributed by atoms with Crippen LogP contribution in [-0.2, 0) is 6.54 Å². The minimum absolute atomic E-state index is 0.0298. The number of hydrogen-bond acceptors (Lipinski definition) is 8. The molecule has 2 aliphatic heterocycles. The Bertz CT molecular complexity index is 1270. The number of aryl methyl sites for hydroxylation is 1. The van der Waals surface area contributed by atoms with Crippen molar-refractivity contribution >= 4 is 50.8 Å². The molecule has 1 fully saturated rings. The number of ether oxygens (including phenoxy) is 2. The van der Waals surface area contributed by atoms with Crippen LogP contribution in [0.15, 0.2) is 33.0 Å². The van der Waals surface area contributed by atoms with E-state index in [0.29, 0.717) is 47.5 Å². The summed E-state index contributed by atoms with van der Waals surface area (Å²) in [5.41, 5.74) is 7.40. The maximum atomic E-state index is 11.7. The lowest BCUT2D eigenvalue weighted by atomic mass is 9.84. The van der Waals surface area contributed by atoms with Gasteiger partial charge < -0.3 is 29.8 Å². The highest BCUT2D eigenvalue weighted by atomic mass is 79.9. The van der Waals surface area contributed by atoms with Crippen LogP contribution in [0, 0.1) is 11.8 Å². The predicted molar refractivity (Wildman–Crippen MR) is 135 cm³/mol. The van der Waals surface area contributed by atoms with Crippen LogP contribution < -0.4 is 15.2 Å². The summed E-state index contributed by atoms with van der Waals surface area (Å²) in [5, 5.41) is 10.3. The van der Waals surface area contributed by atoms with Crippen LogP contribution >= 0.6 is 27.7 Å². The van der Waals surface area contributed by atoms with Crippen LogP contribution in [0.2, 0.25) is 0 Å². The summed E-state index contributed by atoms with van der Waals surface area (Å²) < 4.78 is 14.0. The van der Waals surface area contributed by atoms with Crippen LogP contribution in [-0.4, -0.2) is 55.0 Å². The van der Waals surface area contributed by atoms with Crippen molar-refractivity contribution in [2.75, 3.05) is 19.1 Å². The van der Waals surface area contributed by atoms with Crippen molar-refractivity contribution in [1.29, 1.82) is 0 Å². The minimum Gasteiger partial charge on any atom is -0.465 e. The summed E-state index contributed by atoms with van der Waals surface area (Å²) in [6, 6.07) is 3.86. The number of anilines is 1. The molecule has 5 rings (SSSR count). The molecule has 0 saturated carbocycles. The second-order valence-electron chi connectivity index (χ2n) is 9.18. The first-order valence-corrected chi connectivity index (χ1v) is 13.2. The van der Waals surface area contributed by atoms with Crippen molar-refractivity contribution in [3.05, 3.63) is 22.9 Å². The van der Waals surface area contributed by atoms with Gasteiger partial charge in [0.2, 0.25) is 6.79 Å². The van der Waals surface area contributed by atoms with Gasteiger partial charge in [-0.1, -0.05) is 25.6 Å². The average molecular weight is 563 g/mol. The van der Waals surface area contributed by atoms with Crippen molar-refractivity contribution in [2.45, 2.75) is 55.7 Å². The van der Waals surface area contributed by atoms with E-state index in [1.54, 1.807) is 4.90 Å². The van der Waals surface area contributed by atoms with Crippen molar-refractivity contribution in [3.63, 3.8) is 0 Å². The van der Waals surface area contributed by atoms with Gasteiger partial charge in [0, 0.05) is 28.5 Å². The average Bonchev–Trinajstić information content (AvgIpc) is 3.42. The standard InChI is InChI=1S/C23H27BrN6O4S/c1-12(2)15-7-13(3-5-29(15)23(31)32)4-6-30-21-19(20(25)26-10-27-21)28-22(30)35-18-9-17-16(8-14(18)24)33-11-34-17/h8-10,12-13,15H,3-7,11H2,1-2H3,(H,31,32)(H2,25,26,27)/t13-,15-/m0/s1. The highest BCUT2D eigenvalue weighted by Crippen LogP contribution is 2.43. The Balaban J connectivity index is 1.41. The molecule has 12 heteroatoms. The molecule has 1 aromatic carbocycles. The van der Waals surface area contributed by atoms with E-state index in [1.807, 2.05) is 12.1 Å². The fourth-order valence-corrected chi connectivity index (χ4v) is 6.32. The number of likely N-dealkylation sites (tertiary alicyclic amines) is 1. The molecule has 1 amide bonds. The molecule has 0 bridgehead atoms. The van der Waals surface area contributed by atoms with Crippen molar-refractivity contribution in [1.82, 2.24) is 24.4 Å². The first kappa shape index (κ1) is 24.0. The zero-order valence-corrected chi connectivity index (χ0v) is 21.9. The molecule has 1 saturated heterocycles. The number of hydrogen-bond donors (Lipinski definition) is 2. The van der Waals surface area contributed by atoms with E-state index >= 15 is 0 Å². The highest BCUT2D eigenvalue weighted by Gasteiger charge is 2.33. The number of fused-ring (bicyclic) bond motifs is 2. The normalized spacial score (nSPS) is 19.6. The van der Waals surface area contributed by atoms with Gasteiger partial charge >= 0.3 is 6.09 Å². The molecule has 3 aromatic rings. The third-order valence-electron chi connectivity index (χ3n) is 6.68. The number of rotatable bonds is 6. The van der Waals surface area contributed by atoms with E-state index in [2.05, 4.69) is 44.3 Å². The zero-order chi connectivity index (χ0) is 24.7. The topological polar surface area (TPSA) is 129 Å². The molecular weight excluding hydrogens is 536 g/mol. The number of imidazole rings is 1. The second kappa shape index (κ2) is 9.73. The lowest BCUT2D eigenvalue weighted by Crippen LogP contribution is -2.48. The van der Waals surface area contributed by atoms with Gasteiger partial charge in [-0.05, 0) is 59.2 Å². The van der Waals surface area contributed by atoms with Crippen LogP contribution in [0.3, 0.4) is 0 Å². The van der Waals surface area contributed by atoms with E-state index in [4.69, 9.17) is 20.2 Å². The maximum Gasteiger partial charge on any atom is 0.407 e. The molecule has 2 atom stereocenters. The van der Waals surface area contributed by atoms with E-state index in [0.717, 1.165) is 33.8 Å². The minimum atomic E-state index is -0.831. The van der Waals surface area contributed by atoms with Crippen LogP contribution in [0.5, 0.6) is 11.5 Å². The first-order valence-electron chi connectivity index (χ1n) is 11.5. The van der Waals surface area contributed by atoms with Gasteiger partial charge in [0.05, 0.1) is 0 Å². The molecule has 0 unspecified atom stereocenters. The fourth-order valence-electron chi connectivity index (χ4n) is 4.81. The van der Waals surface area contributed by atoms with Gasteiger partial charge in [-0.3, -0.25) is 0 Å². The molecule has 10 nitrogen and oxygen atoms in total. The quantitative estimate of drug-likeness (QED) is 0.432. The maximum absolute atomic E-state index is 11.7. The summed E-state index contributed by atoms with van der Waals surface area (Å²) in [5.74, 6) is 2.42. The molecule has 2 aliphatic rings. The summed E-state index contributed by atoms with van der Waals surface area (Å²) in [6.45, 7) is 5.64. The van der Waals surface area contributed by atoms with Crippen LogP contribution in [0.4, 0.5) is 10.6 Å². The molecule has 3 N–H and O–H groups in total. The predicted octanol–water partition coefficient (Wildman–Crippen LogP) is 4.86. The fraction of sp³-hybridized carbons (Fsp3) is 0.478. The van der Waals surface area contributed by atoms with Gasteiger partial charge in [-0.15, -0.1) is 0 Å². The first-order chi connectivity index (χ1) is 16.8. The zero-order valence-electron chi connectivity index (χ0n) is 19.5. The Morgan fingerprint density at radius 1 is 1.31 bits per heavy atom. The number of halogens is 1. The summed E-state index contributed by atoms with van der Waals surface area (Å²) in [4.78, 5) is 27.6. The number of nitrogens with two attached hydrogens (primary N) is 1. The monoisotopic (exact) mass is 562 g/mol. The second-order valence-corrected chi connectivity index (χ2v) is 11.0. The molecular formula is C23H27BrN6O4S. The Morgan fingerprint density at radius 3 is 2.83 bits per heavy atom. The Hall–Kier alpha value is -2.73. The van der Waals surface area contributed by atoms with Gasteiger partial charge in [-0.2, -0.15) is 0 Å². The third kappa shape index (κ3) is 4.73. The van der Waals surface area contributed by atoms with E-state index in [9.17, 15) is 9.90 Å². The smallest absolute Gasteiger partial charge is 0.407 e. The summed E-state index contributed by atoms with van der Waals surface area (Å²) in [6.07, 6.45) is 3.21. The molecule has 186 valence electrons. The number of benzene rings is 1. The summed E-state index contributed by atoms with van der Waals surface area (Å²) in [7, 11) is 0. The largest absolute Gasteiger partial charge is 0.465 e. The van der Waals surface area contributed by atoms with Gasteiger partial charge in [0.25, 0.3) is 0 Å². The number of carboxylic acid groups (broad SMARTS) is 1. The molecule has 2 aromatic heterocycles. The van der Waals surface area contributed by atoms with Gasteiger partial charge in [0.15, 0.2) is 33.6 Å². The number of amides is 1. The lowest BCUT2D eigenvalue weighted by Gasteiger charge is -2.40. The number of piperidine rings is 1. The number of nitrogen functional groups attached to an aromatic ring is 1. The van der Waals surface area contributed by atoms with Crippen molar-refractivity contribution in [2.24, 2.45) is 11.8 Å². The van der Waals surface area contributed by atoms with Gasteiger partial charge in [-0.25, -0.2) is 19.7 Å². The number of carbonyl (C=O) groups is 1. The lowest BCUT2D eigenvalue weighted by molar-refractivity contribution is 0.0681. The van der Waals surface area contributed by atoms with Gasteiger partial charge in [0.1, 0.15) is 6.33 Å². The SMILES string of the molecule is CC(C)[C@@H]1C[C@H](CCn2c(Sc3cc4c(cc3Br)OCO4)nc3c(N)ncnc32)CCN1C(=O)O. The highest BCUT2D eigenvalue weighted by molar-refractivity contribution is 9.10.